The lowest BCUT2D eigenvalue weighted by Crippen LogP contribution is -2.26. The molecule has 1 aliphatic rings. The molecule has 1 saturated heterocycles. The van der Waals surface area contributed by atoms with Gasteiger partial charge in [-0.2, -0.15) is 18.3 Å². The minimum atomic E-state index is -4.43. The second-order valence-corrected chi connectivity index (χ2v) is 9.11. The van der Waals surface area contributed by atoms with Crippen LogP contribution in [0.4, 0.5) is 13.2 Å². The van der Waals surface area contributed by atoms with E-state index in [4.69, 9.17) is 0 Å². The Labute approximate surface area is 191 Å². The minimum Gasteiger partial charge on any atom is -0.462 e. The smallest absolute Gasteiger partial charge is 0.435 e. The molecule has 1 aromatic carbocycles. The van der Waals surface area contributed by atoms with Gasteiger partial charge in [0.15, 0.2) is 5.69 Å². The molecule has 0 bridgehead atoms. The fourth-order valence-electron chi connectivity index (χ4n) is 3.84. The molecule has 1 aliphatic heterocycles. The van der Waals surface area contributed by atoms with Crippen LogP contribution in [0.3, 0.4) is 0 Å². The van der Waals surface area contributed by atoms with Gasteiger partial charge >= 0.3 is 6.18 Å². The number of hydrogen-bond donors (Lipinski definition) is 2. The zero-order valence-corrected chi connectivity index (χ0v) is 19.4. The first-order chi connectivity index (χ1) is 15.5. The summed E-state index contributed by atoms with van der Waals surface area (Å²) in [5, 5.41) is 8.09. The summed E-state index contributed by atoms with van der Waals surface area (Å²) in [7, 11) is 0. The molecule has 2 N–H and O–H groups in total. The molecule has 0 saturated carbocycles. The molecule has 2 aromatic heterocycles. The zero-order chi connectivity index (χ0) is 24.2. The summed E-state index contributed by atoms with van der Waals surface area (Å²) in [6.07, 6.45) is -2.25. The van der Waals surface area contributed by atoms with Crippen molar-refractivity contribution in [3.63, 3.8) is 0 Å². The van der Waals surface area contributed by atoms with Crippen molar-refractivity contribution in [2.24, 2.45) is 0 Å². The maximum atomic E-state index is 13.0. The number of halogens is 3. The van der Waals surface area contributed by atoms with Gasteiger partial charge in [-0.15, -0.1) is 0 Å². The molecule has 9 heteroatoms. The summed E-state index contributed by atoms with van der Waals surface area (Å²) in [5.41, 5.74) is 2.30. The summed E-state index contributed by atoms with van der Waals surface area (Å²) in [5.74, 6) is 0.505. The number of carbonyl (C=O) groups excluding carboxylic acids is 1. The molecule has 1 fully saturated rings. The molecular formula is C24H31F3N4O2. The van der Waals surface area contributed by atoms with Crippen LogP contribution in [-0.2, 0) is 22.3 Å². The summed E-state index contributed by atoms with van der Waals surface area (Å²) in [6, 6.07) is 9.00. The third-order valence-electron chi connectivity index (χ3n) is 5.49. The van der Waals surface area contributed by atoms with Gasteiger partial charge in [-0.05, 0) is 77.9 Å². The fourth-order valence-corrected chi connectivity index (χ4v) is 3.84. The van der Waals surface area contributed by atoms with Crippen LogP contribution < -0.4 is 5.32 Å². The number of nitrogens with one attached hydrogen (secondary N) is 2. The highest BCUT2D eigenvalue weighted by molar-refractivity contribution is 5.85. The first kappa shape index (κ1) is 24.8. The van der Waals surface area contributed by atoms with Crippen molar-refractivity contribution >= 4 is 17.4 Å². The molecule has 4 rings (SSSR count). The third kappa shape index (κ3) is 6.37. The van der Waals surface area contributed by atoms with Crippen molar-refractivity contribution in [2.45, 2.75) is 64.8 Å². The van der Waals surface area contributed by atoms with E-state index in [2.05, 4.69) is 26.2 Å². The highest BCUT2D eigenvalue weighted by atomic mass is 19.4. The van der Waals surface area contributed by atoms with E-state index in [9.17, 15) is 18.0 Å². The Balaban J connectivity index is 0.000000383. The fraction of sp³-hybridized carbons (Fsp3) is 0.500. The van der Waals surface area contributed by atoms with Gasteiger partial charge in [-0.3, -0.25) is 9.48 Å². The predicted molar refractivity (Wildman–Crippen MR) is 122 cm³/mol. The van der Waals surface area contributed by atoms with E-state index in [1.165, 1.54) is 10.4 Å². The van der Waals surface area contributed by atoms with Crippen LogP contribution in [0.15, 0.2) is 30.3 Å². The third-order valence-corrected chi connectivity index (χ3v) is 5.49. The first-order valence-corrected chi connectivity index (χ1v) is 11.1. The molecule has 3 heterocycles. The summed E-state index contributed by atoms with van der Waals surface area (Å²) in [6.45, 7) is 10.1. The second-order valence-electron chi connectivity index (χ2n) is 9.11. The number of fused-ring (bicyclic) bond motifs is 1. The van der Waals surface area contributed by atoms with Crippen LogP contribution in [0.5, 0.6) is 0 Å². The van der Waals surface area contributed by atoms with Crippen molar-refractivity contribution in [2.75, 3.05) is 13.1 Å². The molecule has 33 heavy (non-hydrogen) atoms. The Morgan fingerprint density at radius 1 is 1.15 bits per heavy atom. The van der Waals surface area contributed by atoms with E-state index in [0.717, 1.165) is 48.5 Å². The van der Waals surface area contributed by atoms with Gasteiger partial charge in [0, 0.05) is 34.6 Å². The van der Waals surface area contributed by atoms with Gasteiger partial charge in [-0.1, -0.05) is 6.07 Å². The molecule has 3 aromatic rings. The average molecular weight is 465 g/mol. The summed E-state index contributed by atoms with van der Waals surface area (Å²) >= 11 is 0. The number of piperidine rings is 1. The Bertz CT molecular complexity index is 1070. The Morgan fingerprint density at radius 2 is 1.85 bits per heavy atom. The van der Waals surface area contributed by atoms with E-state index < -0.39 is 11.9 Å². The number of hydrogen-bond acceptors (Lipinski definition) is 4. The lowest BCUT2D eigenvalue weighted by Gasteiger charge is -2.21. The molecule has 6 nitrogen and oxygen atoms in total. The molecule has 180 valence electrons. The predicted octanol–water partition coefficient (Wildman–Crippen LogP) is 5.50. The van der Waals surface area contributed by atoms with Crippen LogP contribution in [0, 0.1) is 0 Å². The standard InChI is InChI=1S/C19H21F3N4.C5H10O2/c1-2-26-17(11-18(25-26)19(20,21)22)13-3-4-15-14(9-13)10-16(24-15)12-5-7-23-8-6-12;1-5(2,3)7-4-6/h3-4,9-12,23-24H,2,5-8H2,1H3;4H,1-3H3. The molecule has 0 unspecified atom stereocenters. The van der Waals surface area contributed by atoms with Crippen LogP contribution >= 0.6 is 0 Å². The van der Waals surface area contributed by atoms with E-state index in [1.54, 1.807) is 6.92 Å². The number of H-pyrrole nitrogens is 1. The number of rotatable bonds is 4. The molecule has 0 amide bonds. The van der Waals surface area contributed by atoms with E-state index in [1.807, 2.05) is 39.0 Å². The number of aromatic nitrogens is 3. The van der Waals surface area contributed by atoms with Gasteiger partial charge in [-0.25, -0.2) is 0 Å². The van der Waals surface area contributed by atoms with Gasteiger partial charge < -0.3 is 15.0 Å². The average Bonchev–Trinajstić information content (AvgIpc) is 3.37. The normalized spacial score (nSPS) is 15.2. The van der Waals surface area contributed by atoms with Crippen molar-refractivity contribution in [3.8, 4) is 11.3 Å². The molecule has 0 atom stereocenters. The number of nitrogens with zero attached hydrogens (tertiary/aromatic N) is 2. The van der Waals surface area contributed by atoms with Crippen LogP contribution in [-0.4, -0.2) is 39.9 Å². The van der Waals surface area contributed by atoms with Gasteiger partial charge in [0.25, 0.3) is 6.47 Å². The van der Waals surface area contributed by atoms with Crippen molar-refractivity contribution < 1.29 is 22.7 Å². The van der Waals surface area contributed by atoms with Crippen LogP contribution in [0.25, 0.3) is 22.2 Å². The summed E-state index contributed by atoms with van der Waals surface area (Å²) < 4.78 is 45.0. The lowest BCUT2D eigenvalue weighted by atomic mass is 9.95. The SMILES string of the molecule is CC(C)(C)OC=O.CCn1nc(C(F)(F)F)cc1-c1ccc2[nH]c(C3CCNCC3)cc2c1. The highest BCUT2D eigenvalue weighted by Gasteiger charge is 2.35. The van der Waals surface area contributed by atoms with Gasteiger partial charge in [0.05, 0.1) is 5.69 Å². The minimum absolute atomic E-state index is 0.318. The Morgan fingerprint density at radius 3 is 2.39 bits per heavy atom. The quantitative estimate of drug-likeness (QED) is 0.501. The molecule has 0 aliphatic carbocycles. The van der Waals surface area contributed by atoms with Gasteiger partial charge in [0.2, 0.25) is 0 Å². The van der Waals surface area contributed by atoms with E-state index >= 15 is 0 Å². The number of alkyl halides is 3. The number of aromatic amines is 1. The molecular weight excluding hydrogens is 433 g/mol. The summed E-state index contributed by atoms with van der Waals surface area (Å²) in [4.78, 5) is 13.1. The Kier molecular flexibility index (Phi) is 7.51. The number of benzene rings is 1. The topological polar surface area (TPSA) is 71.9 Å². The lowest BCUT2D eigenvalue weighted by molar-refractivity contribution is -0.141. The number of carbonyl (C=O) groups is 1. The van der Waals surface area contributed by atoms with Crippen molar-refractivity contribution in [1.29, 1.82) is 0 Å². The molecule has 0 radical (unpaired) electrons. The highest BCUT2D eigenvalue weighted by Crippen LogP contribution is 2.34. The maximum absolute atomic E-state index is 13.0. The van der Waals surface area contributed by atoms with Crippen LogP contribution in [0.2, 0.25) is 0 Å². The molecule has 0 spiro atoms. The monoisotopic (exact) mass is 464 g/mol. The van der Waals surface area contributed by atoms with Gasteiger partial charge in [0.1, 0.15) is 5.60 Å². The van der Waals surface area contributed by atoms with E-state index in [-0.39, 0.29) is 5.60 Å². The maximum Gasteiger partial charge on any atom is 0.435 e. The van der Waals surface area contributed by atoms with Crippen molar-refractivity contribution in [3.05, 3.63) is 41.7 Å². The van der Waals surface area contributed by atoms with Crippen molar-refractivity contribution in [1.82, 2.24) is 20.1 Å². The number of aryl methyl sites for hydroxylation is 1. The van der Waals surface area contributed by atoms with E-state index in [0.29, 0.717) is 24.6 Å². The van der Waals surface area contributed by atoms with Crippen LogP contribution in [0.1, 0.15) is 57.8 Å². The first-order valence-electron chi connectivity index (χ1n) is 11.1. The zero-order valence-electron chi connectivity index (χ0n) is 19.4. The largest absolute Gasteiger partial charge is 0.462 e. The second kappa shape index (κ2) is 9.99. The number of ether oxygens (including phenoxy) is 1. The Hall–Kier alpha value is -2.81.